The third-order valence-electron chi connectivity index (χ3n) is 5.35. The zero-order valence-electron chi connectivity index (χ0n) is 16.7. The van der Waals surface area contributed by atoms with Crippen molar-refractivity contribution in [2.75, 3.05) is 13.2 Å². The van der Waals surface area contributed by atoms with Gasteiger partial charge < -0.3 is 19.5 Å². The molecule has 3 aromatic carbocycles. The van der Waals surface area contributed by atoms with Crippen molar-refractivity contribution in [3.05, 3.63) is 88.9 Å². The molecule has 6 heteroatoms. The minimum Gasteiger partial charge on any atom is -0.484 e. The summed E-state index contributed by atoms with van der Waals surface area (Å²) in [5.74, 6) is 0.262. The molecule has 6 nitrogen and oxygen atoms in total. The number of H-pyrrole nitrogens is 1. The van der Waals surface area contributed by atoms with Crippen LogP contribution in [0.4, 0.5) is 0 Å². The molecule has 2 aromatic heterocycles. The van der Waals surface area contributed by atoms with E-state index in [1.54, 1.807) is 24.3 Å². The minimum absolute atomic E-state index is 0.114. The Bertz CT molecular complexity index is 1470. The number of nitrogens with one attached hydrogen (secondary N) is 2. The van der Waals surface area contributed by atoms with Crippen LogP contribution in [0.25, 0.3) is 32.6 Å². The van der Waals surface area contributed by atoms with E-state index in [9.17, 15) is 9.59 Å². The fraction of sp³-hybridized carbons (Fsp3) is 0.120. The van der Waals surface area contributed by atoms with E-state index in [0.29, 0.717) is 23.3 Å². The van der Waals surface area contributed by atoms with E-state index in [1.807, 2.05) is 42.6 Å². The zero-order chi connectivity index (χ0) is 21.2. The number of hydrogen-bond donors (Lipinski definition) is 2. The number of aromatic amines is 1. The molecule has 0 aliphatic rings. The van der Waals surface area contributed by atoms with Gasteiger partial charge in [-0.05, 0) is 41.6 Å². The van der Waals surface area contributed by atoms with E-state index < -0.39 is 5.63 Å². The second-order valence-corrected chi connectivity index (χ2v) is 7.34. The number of ether oxygens (including phenoxy) is 1. The summed E-state index contributed by atoms with van der Waals surface area (Å²) in [5.41, 5.74) is 2.28. The molecule has 0 radical (unpaired) electrons. The second-order valence-electron chi connectivity index (χ2n) is 7.34. The third kappa shape index (κ3) is 3.75. The van der Waals surface area contributed by atoms with Gasteiger partial charge in [0.25, 0.3) is 5.91 Å². The summed E-state index contributed by atoms with van der Waals surface area (Å²) < 4.78 is 11.0. The van der Waals surface area contributed by atoms with Gasteiger partial charge in [0.05, 0.1) is 5.39 Å². The monoisotopic (exact) mass is 412 g/mol. The molecular weight excluding hydrogens is 392 g/mol. The molecular formula is C25H20N2O4. The van der Waals surface area contributed by atoms with Crippen LogP contribution in [0.1, 0.15) is 5.56 Å². The maximum atomic E-state index is 12.2. The van der Waals surface area contributed by atoms with Crippen LogP contribution in [0.5, 0.6) is 5.75 Å². The van der Waals surface area contributed by atoms with E-state index in [4.69, 9.17) is 9.15 Å². The summed E-state index contributed by atoms with van der Waals surface area (Å²) in [5, 5.41) is 6.23. The van der Waals surface area contributed by atoms with Crippen LogP contribution < -0.4 is 15.7 Å². The average Bonchev–Trinajstić information content (AvgIpc) is 3.21. The predicted octanol–water partition coefficient (Wildman–Crippen LogP) is 4.17. The fourth-order valence-electron chi connectivity index (χ4n) is 3.83. The van der Waals surface area contributed by atoms with Crippen molar-refractivity contribution in [2.24, 2.45) is 0 Å². The standard InChI is InChI=1S/C25H20N2O4/c28-24(26-12-11-16-14-27-22-8-4-3-5-18(16)22)15-30-17-9-10-20-19-6-1-2-7-21(19)25(29)31-23(20)13-17/h1-10,13-14,27H,11-12,15H2,(H,26,28). The van der Waals surface area contributed by atoms with E-state index in [2.05, 4.69) is 16.4 Å². The Balaban J connectivity index is 1.21. The molecule has 0 atom stereocenters. The summed E-state index contributed by atoms with van der Waals surface area (Å²) in [7, 11) is 0. The molecule has 0 saturated carbocycles. The fourth-order valence-corrected chi connectivity index (χ4v) is 3.83. The molecule has 31 heavy (non-hydrogen) atoms. The SMILES string of the molecule is O=C(COc1ccc2c(c1)oc(=O)c1ccccc12)NCCc1c[nH]c2ccccc12. The van der Waals surface area contributed by atoms with E-state index in [1.165, 1.54) is 0 Å². The number of aromatic nitrogens is 1. The van der Waals surface area contributed by atoms with Crippen molar-refractivity contribution in [2.45, 2.75) is 6.42 Å². The summed E-state index contributed by atoms with van der Waals surface area (Å²) in [6.07, 6.45) is 2.70. The van der Waals surface area contributed by atoms with E-state index >= 15 is 0 Å². The number of carbonyl (C=O) groups is 1. The lowest BCUT2D eigenvalue weighted by atomic mass is 10.1. The van der Waals surface area contributed by atoms with Gasteiger partial charge >= 0.3 is 5.63 Å². The van der Waals surface area contributed by atoms with Crippen LogP contribution in [0.2, 0.25) is 0 Å². The Kier molecular flexibility index (Phi) is 4.88. The Morgan fingerprint density at radius 3 is 2.58 bits per heavy atom. The van der Waals surface area contributed by atoms with Crippen molar-refractivity contribution in [3.63, 3.8) is 0 Å². The molecule has 0 saturated heterocycles. The molecule has 0 fully saturated rings. The summed E-state index contributed by atoms with van der Waals surface area (Å²) >= 11 is 0. The highest BCUT2D eigenvalue weighted by molar-refractivity contribution is 6.04. The van der Waals surface area contributed by atoms with Gasteiger partial charge in [0.15, 0.2) is 6.61 Å². The normalized spacial score (nSPS) is 11.2. The topological polar surface area (TPSA) is 84.3 Å². The highest BCUT2D eigenvalue weighted by Gasteiger charge is 2.09. The molecule has 0 aliphatic heterocycles. The van der Waals surface area contributed by atoms with Gasteiger partial charge in [-0.25, -0.2) is 4.79 Å². The van der Waals surface area contributed by atoms with Gasteiger partial charge in [-0.3, -0.25) is 4.79 Å². The Morgan fingerprint density at radius 2 is 1.71 bits per heavy atom. The number of carbonyl (C=O) groups excluding carboxylic acids is 1. The van der Waals surface area contributed by atoms with Crippen molar-refractivity contribution in [3.8, 4) is 5.75 Å². The maximum Gasteiger partial charge on any atom is 0.344 e. The van der Waals surface area contributed by atoms with Gasteiger partial charge in [-0.2, -0.15) is 0 Å². The highest BCUT2D eigenvalue weighted by atomic mass is 16.5. The molecule has 2 N–H and O–H groups in total. The Labute approximate surface area is 177 Å². The largest absolute Gasteiger partial charge is 0.484 e. The molecule has 2 heterocycles. The van der Waals surface area contributed by atoms with E-state index in [0.717, 1.165) is 33.7 Å². The molecule has 0 unspecified atom stereocenters. The number of hydrogen-bond acceptors (Lipinski definition) is 4. The van der Waals surface area contributed by atoms with Crippen molar-refractivity contribution < 1.29 is 13.9 Å². The minimum atomic E-state index is -0.393. The number of para-hydroxylation sites is 1. The van der Waals surface area contributed by atoms with Gasteiger partial charge in [-0.1, -0.05) is 36.4 Å². The maximum absolute atomic E-state index is 12.2. The van der Waals surface area contributed by atoms with Crippen LogP contribution >= 0.6 is 0 Å². The Morgan fingerprint density at radius 1 is 0.935 bits per heavy atom. The number of rotatable bonds is 6. The Hall–Kier alpha value is -4.06. The first-order valence-corrected chi connectivity index (χ1v) is 10.1. The molecule has 0 aliphatic carbocycles. The molecule has 5 rings (SSSR count). The molecule has 0 bridgehead atoms. The first-order chi connectivity index (χ1) is 15.2. The quantitative estimate of drug-likeness (QED) is 0.324. The summed E-state index contributed by atoms with van der Waals surface area (Å²) in [6.45, 7) is 0.403. The molecule has 0 spiro atoms. The van der Waals surface area contributed by atoms with Crippen LogP contribution in [0.3, 0.4) is 0 Å². The summed E-state index contributed by atoms with van der Waals surface area (Å²) in [4.78, 5) is 27.6. The smallest absolute Gasteiger partial charge is 0.344 e. The third-order valence-corrected chi connectivity index (χ3v) is 5.35. The number of benzene rings is 3. The van der Waals surface area contributed by atoms with Crippen LogP contribution in [0, 0.1) is 0 Å². The van der Waals surface area contributed by atoms with Crippen molar-refractivity contribution in [1.29, 1.82) is 0 Å². The number of amides is 1. The van der Waals surface area contributed by atoms with Gasteiger partial charge in [0.2, 0.25) is 0 Å². The van der Waals surface area contributed by atoms with Crippen molar-refractivity contribution in [1.82, 2.24) is 10.3 Å². The van der Waals surface area contributed by atoms with Crippen molar-refractivity contribution >= 4 is 38.6 Å². The molecule has 1 amide bonds. The lowest BCUT2D eigenvalue weighted by Crippen LogP contribution is -2.30. The lowest BCUT2D eigenvalue weighted by Gasteiger charge is -2.09. The molecule has 5 aromatic rings. The van der Waals surface area contributed by atoms with Crippen LogP contribution in [0.15, 0.2) is 82.1 Å². The van der Waals surface area contributed by atoms with Gasteiger partial charge in [0.1, 0.15) is 11.3 Å². The summed E-state index contributed by atoms with van der Waals surface area (Å²) in [6, 6.07) is 20.6. The van der Waals surface area contributed by atoms with Gasteiger partial charge in [-0.15, -0.1) is 0 Å². The van der Waals surface area contributed by atoms with E-state index in [-0.39, 0.29) is 12.5 Å². The first-order valence-electron chi connectivity index (χ1n) is 10.1. The predicted molar refractivity (Wildman–Crippen MR) is 120 cm³/mol. The lowest BCUT2D eigenvalue weighted by molar-refractivity contribution is -0.123. The first kappa shape index (κ1) is 18.9. The number of fused-ring (bicyclic) bond motifs is 4. The second kappa shape index (κ2) is 7.99. The highest BCUT2D eigenvalue weighted by Crippen LogP contribution is 2.26. The zero-order valence-corrected chi connectivity index (χ0v) is 16.7. The molecule has 154 valence electrons. The van der Waals surface area contributed by atoms with Crippen LogP contribution in [-0.4, -0.2) is 24.0 Å². The average molecular weight is 412 g/mol. The van der Waals surface area contributed by atoms with Gasteiger partial charge in [0, 0.05) is 35.1 Å². The van der Waals surface area contributed by atoms with Crippen LogP contribution in [-0.2, 0) is 11.2 Å².